The molecule has 0 atom stereocenters. The third kappa shape index (κ3) is 6.10. The van der Waals surface area contributed by atoms with Gasteiger partial charge in [0.1, 0.15) is 24.0 Å². The Morgan fingerprint density at radius 3 is 2.79 bits per heavy atom. The minimum atomic E-state index is -0.265. The molecule has 8 heteroatoms. The smallest absolute Gasteiger partial charge is 0.319 e. The average molecular weight is 445 g/mol. The molecule has 8 nitrogen and oxygen atoms in total. The van der Waals surface area contributed by atoms with Crippen molar-refractivity contribution in [2.45, 2.75) is 51.7 Å². The predicted molar refractivity (Wildman–Crippen MR) is 125 cm³/mol. The fourth-order valence-electron chi connectivity index (χ4n) is 3.91. The van der Waals surface area contributed by atoms with Gasteiger partial charge in [-0.05, 0) is 36.6 Å². The van der Waals surface area contributed by atoms with Gasteiger partial charge < -0.3 is 19.9 Å². The Hall–Kier alpha value is -3.86. The predicted octanol–water partition coefficient (Wildman–Crippen LogP) is 4.01. The number of rotatable bonds is 8. The number of amides is 2. The molecule has 1 aliphatic rings. The first-order valence-corrected chi connectivity index (χ1v) is 11.4. The molecule has 0 unspecified atom stereocenters. The number of ether oxygens (including phenoxy) is 1. The van der Waals surface area contributed by atoms with Gasteiger partial charge in [0.25, 0.3) is 0 Å². The van der Waals surface area contributed by atoms with E-state index < -0.39 is 0 Å². The van der Waals surface area contributed by atoms with E-state index in [-0.39, 0.29) is 6.03 Å². The minimum absolute atomic E-state index is 0.265. The van der Waals surface area contributed by atoms with Crippen molar-refractivity contribution in [2.24, 2.45) is 0 Å². The second-order valence-electron chi connectivity index (χ2n) is 8.05. The molecule has 2 N–H and O–H groups in total. The first-order valence-electron chi connectivity index (χ1n) is 11.4. The normalized spacial score (nSPS) is 12.8. The van der Waals surface area contributed by atoms with Crippen molar-refractivity contribution in [2.75, 3.05) is 11.9 Å². The molecule has 0 aliphatic carbocycles. The fourth-order valence-corrected chi connectivity index (χ4v) is 3.91. The highest BCUT2D eigenvalue weighted by atomic mass is 16.5. The SMILES string of the molecule is N#CCc1ccc(OCc2ccccc2NC(=O)NCCc2nnc3n2CCCCC3)cc1. The summed E-state index contributed by atoms with van der Waals surface area (Å²) in [4.78, 5) is 12.5. The highest BCUT2D eigenvalue weighted by molar-refractivity contribution is 5.90. The van der Waals surface area contributed by atoms with E-state index >= 15 is 0 Å². The number of aryl methyl sites for hydroxylation is 1. The Labute approximate surface area is 193 Å². The van der Waals surface area contributed by atoms with Crippen molar-refractivity contribution in [3.05, 3.63) is 71.3 Å². The first kappa shape index (κ1) is 22.3. The largest absolute Gasteiger partial charge is 0.489 e. The second-order valence-corrected chi connectivity index (χ2v) is 8.05. The molecule has 3 aromatic rings. The van der Waals surface area contributed by atoms with E-state index in [4.69, 9.17) is 10.00 Å². The highest BCUT2D eigenvalue weighted by Gasteiger charge is 2.14. The summed E-state index contributed by atoms with van der Waals surface area (Å²) in [6.45, 7) is 1.76. The molecule has 33 heavy (non-hydrogen) atoms. The van der Waals surface area contributed by atoms with E-state index in [0.29, 0.717) is 37.4 Å². The monoisotopic (exact) mass is 444 g/mol. The van der Waals surface area contributed by atoms with Crippen LogP contribution >= 0.6 is 0 Å². The third-order valence-electron chi connectivity index (χ3n) is 5.69. The lowest BCUT2D eigenvalue weighted by Crippen LogP contribution is -2.31. The number of carbonyl (C=O) groups excluding carboxylic acids is 1. The fraction of sp³-hybridized carbons (Fsp3) is 0.360. The van der Waals surface area contributed by atoms with Gasteiger partial charge in [-0.25, -0.2) is 4.79 Å². The number of benzene rings is 2. The average Bonchev–Trinajstić information content (AvgIpc) is 3.05. The van der Waals surface area contributed by atoms with Crippen molar-refractivity contribution >= 4 is 11.7 Å². The van der Waals surface area contributed by atoms with Crippen LogP contribution in [0, 0.1) is 11.3 Å². The second kappa shape index (κ2) is 11.1. The summed E-state index contributed by atoms with van der Waals surface area (Å²) < 4.78 is 8.07. The van der Waals surface area contributed by atoms with Crippen LogP contribution in [0.15, 0.2) is 48.5 Å². The molecule has 4 rings (SSSR count). The van der Waals surface area contributed by atoms with E-state index in [1.54, 1.807) is 0 Å². The molecule has 170 valence electrons. The number of nitriles is 1. The summed E-state index contributed by atoms with van der Waals surface area (Å²) in [5.74, 6) is 2.70. The zero-order valence-electron chi connectivity index (χ0n) is 18.6. The Morgan fingerprint density at radius 1 is 1.09 bits per heavy atom. The van der Waals surface area contributed by atoms with Gasteiger partial charge in [-0.3, -0.25) is 0 Å². The van der Waals surface area contributed by atoms with Gasteiger partial charge in [0.05, 0.1) is 12.5 Å². The number of carbonyl (C=O) groups is 1. The molecular formula is C25H28N6O2. The van der Waals surface area contributed by atoms with Crippen LogP contribution in [0.5, 0.6) is 5.75 Å². The van der Waals surface area contributed by atoms with Crippen LogP contribution in [-0.2, 0) is 32.4 Å². The van der Waals surface area contributed by atoms with Gasteiger partial charge >= 0.3 is 6.03 Å². The lowest BCUT2D eigenvalue weighted by Gasteiger charge is -2.13. The number of nitrogens with zero attached hydrogens (tertiary/aromatic N) is 4. The van der Waals surface area contributed by atoms with Crippen LogP contribution in [0.3, 0.4) is 0 Å². The maximum Gasteiger partial charge on any atom is 0.319 e. The van der Waals surface area contributed by atoms with Crippen LogP contribution in [0.4, 0.5) is 10.5 Å². The van der Waals surface area contributed by atoms with Crippen LogP contribution < -0.4 is 15.4 Å². The van der Waals surface area contributed by atoms with Crippen molar-refractivity contribution in [1.29, 1.82) is 5.26 Å². The molecule has 0 spiro atoms. The van der Waals surface area contributed by atoms with Crippen molar-refractivity contribution in [1.82, 2.24) is 20.1 Å². The summed E-state index contributed by atoms with van der Waals surface area (Å²) in [7, 11) is 0. The number of urea groups is 1. The van der Waals surface area contributed by atoms with Gasteiger partial charge in [0, 0.05) is 37.2 Å². The standard InChI is InChI=1S/C25H28N6O2/c26-15-13-19-9-11-21(12-10-19)33-18-20-6-3-4-7-22(20)28-25(32)27-16-14-24-30-29-23-8-2-1-5-17-31(23)24/h3-4,6-7,9-12H,1-2,5,8,13-14,16-18H2,(H2,27,28,32). The zero-order valence-corrected chi connectivity index (χ0v) is 18.6. The Balaban J connectivity index is 1.28. The van der Waals surface area contributed by atoms with E-state index in [2.05, 4.69) is 31.5 Å². The quantitative estimate of drug-likeness (QED) is 0.546. The molecule has 1 aromatic heterocycles. The van der Waals surface area contributed by atoms with Gasteiger partial charge in [-0.1, -0.05) is 36.8 Å². The van der Waals surface area contributed by atoms with E-state index in [1.807, 2.05) is 48.5 Å². The van der Waals surface area contributed by atoms with Gasteiger partial charge in [-0.15, -0.1) is 10.2 Å². The van der Waals surface area contributed by atoms with Crippen LogP contribution in [0.2, 0.25) is 0 Å². The molecule has 0 bridgehead atoms. The number of aromatic nitrogens is 3. The number of anilines is 1. The molecule has 2 amide bonds. The summed E-state index contributed by atoms with van der Waals surface area (Å²) in [5.41, 5.74) is 2.52. The molecule has 2 aromatic carbocycles. The Bertz CT molecular complexity index is 1120. The molecule has 0 saturated heterocycles. The van der Waals surface area contributed by atoms with Gasteiger partial charge in [-0.2, -0.15) is 5.26 Å². The van der Waals surface area contributed by atoms with Gasteiger partial charge in [0.15, 0.2) is 0 Å². The summed E-state index contributed by atoms with van der Waals surface area (Å²) in [5, 5.41) is 23.2. The zero-order chi connectivity index (χ0) is 22.9. The van der Waals surface area contributed by atoms with Gasteiger partial charge in [0.2, 0.25) is 0 Å². The topological polar surface area (TPSA) is 105 Å². The molecule has 0 fully saturated rings. The van der Waals surface area contributed by atoms with E-state index in [9.17, 15) is 4.79 Å². The lowest BCUT2D eigenvalue weighted by atomic mass is 10.1. The number of para-hydroxylation sites is 1. The van der Waals surface area contributed by atoms with E-state index in [1.165, 1.54) is 6.42 Å². The molecule has 1 aliphatic heterocycles. The Morgan fingerprint density at radius 2 is 1.94 bits per heavy atom. The molecule has 0 saturated carbocycles. The summed E-state index contributed by atoms with van der Waals surface area (Å²) in [6.07, 6.45) is 5.53. The summed E-state index contributed by atoms with van der Waals surface area (Å²) in [6, 6.07) is 16.9. The van der Waals surface area contributed by atoms with Crippen LogP contribution in [0.25, 0.3) is 0 Å². The molecule has 0 radical (unpaired) electrons. The first-order chi connectivity index (χ1) is 16.2. The maximum absolute atomic E-state index is 12.5. The van der Waals surface area contributed by atoms with Crippen molar-refractivity contribution < 1.29 is 9.53 Å². The maximum atomic E-state index is 12.5. The number of nitrogens with one attached hydrogen (secondary N) is 2. The molecule has 2 heterocycles. The van der Waals surface area contributed by atoms with Crippen LogP contribution in [0.1, 0.15) is 42.0 Å². The summed E-state index contributed by atoms with van der Waals surface area (Å²) >= 11 is 0. The van der Waals surface area contributed by atoms with E-state index in [0.717, 1.165) is 48.6 Å². The minimum Gasteiger partial charge on any atom is -0.489 e. The number of fused-ring (bicyclic) bond motifs is 1. The van der Waals surface area contributed by atoms with Crippen molar-refractivity contribution in [3.8, 4) is 11.8 Å². The highest BCUT2D eigenvalue weighted by Crippen LogP contribution is 2.19. The van der Waals surface area contributed by atoms with Crippen LogP contribution in [-0.4, -0.2) is 27.3 Å². The molecular weight excluding hydrogens is 416 g/mol. The number of hydrogen-bond donors (Lipinski definition) is 2. The Kier molecular flexibility index (Phi) is 7.54. The third-order valence-corrected chi connectivity index (χ3v) is 5.69. The lowest BCUT2D eigenvalue weighted by molar-refractivity contribution is 0.252. The van der Waals surface area contributed by atoms with Crippen molar-refractivity contribution in [3.63, 3.8) is 0 Å². The number of hydrogen-bond acceptors (Lipinski definition) is 5.